The molecule has 1 atom stereocenters. The Kier molecular flexibility index (Phi) is 6.14. The Morgan fingerprint density at radius 3 is 2.73 bits per heavy atom. The summed E-state index contributed by atoms with van der Waals surface area (Å²) in [4.78, 5) is 33.8. The van der Waals surface area contributed by atoms with Crippen LogP contribution in [-0.2, 0) is 4.79 Å². The van der Waals surface area contributed by atoms with Crippen LogP contribution in [0.4, 0.5) is 19.0 Å². The predicted molar refractivity (Wildman–Crippen MR) is 88.0 cm³/mol. The molecule has 0 aromatic carbocycles. The van der Waals surface area contributed by atoms with E-state index in [4.69, 9.17) is 9.90 Å². The maximum atomic E-state index is 11.6. The first kappa shape index (κ1) is 19.6. The largest absolute Gasteiger partial charge is 0.490 e. The molecule has 0 unspecified atom stereocenters. The number of anilines is 1. The molecule has 1 aliphatic heterocycles. The van der Waals surface area contributed by atoms with Gasteiger partial charge < -0.3 is 20.3 Å². The van der Waals surface area contributed by atoms with Crippen molar-refractivity contribution < 1.29 is 23.1 Å². The quantitative estimate of drug-likeness (QED) is 0.747. The average Bonchev–Trinajstić information content (AvgIpc) is 2.98. The third kappa shape index (κ3) is 5.15. The van der Waals surface area contributed by atoms with Gasteiger partial charge in [-0.25, -0.2) is 14.8 Å². The van der Waals surface area contributed by atoms with Gasteiger partial charge in [0.1, 0.15) is 5.82 Å². The van der Waals surface area contributed by atoms with Crippen molar-refractivity contribution in [2.24, 2.45) is 0 Å². The highest BCUT2D eigenvalue weighted by Crippen LogP contribution is 2.16. The van der Waals surface area contributed by atoms with E-state index in [1.807, 2.05) is 12.1 Å². The number of aromatic nitrogens is 3. The second-order valence-electron chi connectivity index (χ2n) is 5.76. The fraction of sp³-hybridized carbons (Fsp3) is 0.467. The number of halogens is 3. The number of carboxylic acid groups (broad SMARTS) is 1. The smallest absolute Gasteiger partial charge is 0.475 e. The highest BCUT2D eigenvalue weighted by Gasteiger charge is 2.38. The maximum Gasteiger partial charge on any atom is 0.490 e. The number of alkyl halides is 3. The SMILES string of the molecule is CN1CCC[C@H]1CNc1ccc2nc[nH]c(=O)c2n1.O=C(O)C(F)(F)F. The molecule has 1 saturated heterocycles. The molecule has 3 rings (SSSR count). The van der Waals surface area contributed by atoms with E-state index in [9.17, 15) is 18.0 Å². The first-order chi connectivity index (χ1) is 12.2. The van der Waals surface area contributed by atoms with Crippen molar-refractivity contribution >= 4 is 22.8 Å². The number of carbonyl (C=O) groups is 1. The van der Waals surface area contributed by atoms with Crippen LogP contribution in [0, 0.1) is 0 Å². The van der Waals surface area contributed by atoms with Crippen LogP contribution in [0.1, 0.15) is 12.8 Å². The van der Waals surface area contributed by atoms with E-state index in [1.165, 1.54) is 19.2 Å². The summed E-state index contributed by atoms with van der Waals surface area (Å²) in [6.45, 7) is 2.01. The van der Waals surface area contributed by atoms with Gasteiger partial charge in [-0.15, -0.1) is 0 Å². The number of likely N-dealkylation sites (N-methyl/N-ethyl adjacent to an activating group) is 1. The molecule has 0 aliphatic carbocycles. The minimum atomic E-state index is -5.08. The van der Waals surface area contributed by atoms with Crippen LogP contribution in [0.15, 0.2) is 23.3 Å². The molecule has 0 radical (unpaired) electrons. The number of aromatic amines is 1. The number of nitrogens with one attached hydrogen (secondary N) is 2. The lowest BCUT2D eigenvalue weighted by atomic mass is 10.2. The zero-order valence-corrected chi connectivity index (χ0v) is 13.9. The van der Waals surface area contributed by atoms with Gasteiger partial charge in [-0.3, -0.25) is 4.79 Å². The Labute approximate surface area is 146 Å². The molecule has 0 bridgehead atoms. The molecule has 1 aliphatic rings. The molecule has 142 valence electrons. The normalized spacial score (nSPS) is 17.6. The van der Waals surface area contributed by atoms with Crippen molar-refractivity contribution in [2.75, 3.05) is 25.5 Å². The minimum Gasteiger partial charge on any atom is -0.475 e. The van der Waals surface area contributed by atoms with Crippen LogP contribution in [0.5, 0.6) is 0 Å². The van der Waals surface area contributed by atoms with Gasteiger partial charge in [-0.2, -0.15) is 13.2 Å². The van der Waals surface area contributed by atoms with E-state index >= 15 is 0 Å². The topological polar surface area (TPSA) is 111 Å². The average molecular weight is 373 g/mol. The third-order valence-electron chi connectivity index (χ3n) is 3.92. The van der Waals surface area contributed by atoms with Crippen LogP contribution in [0.2, 0.25) is 0 Å². The maximum absolute atomic E-state index is 11.6. The van der Waals surface area contributed by atoms with Crippen molar-refractivity contribution in [3.05, 3.63) is 28.8 Å². The van der Waals surface area contributed by atoms with Gasteiger partial charge >= 0.3 is 12.1 Å². The Hall–Kier alpha value is -2.69. The number of nitrogens with zero attached hydrogens (tertiary/aromatic N) is 3. The molecule has 0 saturated carbocycles. The molecule has 11 heteroatoms. The van der Waals surface area contributed by atoms with Crippen molar-refractivity contribution in [3.8, 4) is 0 Å². The first-order valence-corrected chi connectivity index (χ1v) is 7.77. The van der Waals surface area contributed by atoms with Crippen LogP contribution in [0.25, 0.3) is 11.0 Å². The second kappa shape index (κ2) is 8.13. The van der Waals surface area contributed by atoms with Crippen LogP contribution in [-0.4, -0.2) is 63.3 Å². The molecule has 2 aromatic rings. The lowest BCUT2D eigenvalue weighted by molar-refractivity contribution is -0.192. The van der Waals surface area contributed by atoms with E-state index in [-0.39, 0.29) is 5.56 Å². The number of hydrogen-bond donors (Lipinski definition) is 3. The number of carboxylic acids is 1. The summed E-state index contributed by atoms with van der Waals surface area (Å²) in [7, 11) is 2.14. The highest BCUT2D eigenvalue weighted by atomic mass is 19.4. The molecule has 3 heterocycles. The van der Waals surface area contributed by atoms with Gasteiger partial charge in [-0.05, 0) is 38.6 Å². The Morgan fingerprint density at radius 2 is 2.15 bits per heavy atom. The van der Waals surface area contributed by atoms with Crippen molar-refractivity contribution in [2.45, 2.75) is 25.1 Å². The summed E-state index contributed by atoms with van der Waals surface area (Å²) in [6.07, 6.45) is -1.23. The first-order valence-electron chi connectivity index (χ1n) is 7.77. The van der Waals surface area contributed by atoms with E-state index in [0.717, 1.165) is 18.9 Å². The van der Waals surface area contributed by atoms with Crippen molar-refractivity contribution in [3.63, 3.8) is 0 Å². The van der Waals surface area contributed by atoms with E-state index in [0.29, 0.717) is 17.1 Å². The Balaban J connectivity index is 0.000000298. The molecule has 3 N–H and O–H groups in total. The molecule has 1 fully saturated rings. The molecular weight excluding hydrogens is 355 g/mol. The van der Waals surface area contributed by atoms with Gasteiger partial charge in [0.25, 0.3) is 5.56 Å². The number of fused-ring (bicyclic) bond motifs is 1. The molecular formula is C15H18F3N5O3. The van der Waals surface area contributed by atoms with E-state index < -0.39 is 12.1 Å². The molecule has 26 heavy (non-hydrogen) atoms. The summed E-state index contributed by atoms with van der Waals surface area (Å²) >= 11 is 0. The van der Waals surface area contributed by atoms with Crippen LogP contribution < -0.4 is 10.9 Å². The fourth-order valence-corrected chi connectivity index (χ4v) is 2.51. The zero-order chi connectivity index (χ0) is 19.3. The predicted octanol–water partition coefficient (Wildman–Crippen LogP) is 1.46. The zero-order valence-electron chi connectivity index (χ0n) is 13.9. The number of pyridine rings is 1. The number of H-pyrrole nitrogens is 1. The number of likely N-dealkylation sites (tertiary alicyclic amines) is 1. The highest BCUT2D eigenvalue weighted by molar-refractivity contribution is 5.74. The summed E-state index contributed by atoms with van der Waals surface area (Å²) in [6, 6.07) is 4.23. The minimum absolute atomic E-state index is 0.202. The number of aliphatic carboxylic acids is 1. The van der Waals surface area contributed by atoms with Crippen molar-refractivity contribution in [1.82, 2.24) is 19.9 Å². The second-order valence-corrected chi connectivity index (χ2v) is 5.76. The fourth-order valence-electron chi connectivity index (χ4n) is 2.51. The summed E-state index contributed by atoms with van der Waals surface area (Å²) in [5, 5.41) is 10.4. The number of rotatable bonds is 3. The summed E-state index contributed by atoms with van der Waals surface area (Å²) in [5.74, 6) is -2.03. The van der Waals surface area contributed by atoms with Crippen molar-refractivity contribution in [1.29, 1.82) is 0 Å². The standard InChI is InChI=1S/C13H17N5O.C2HF3O2/c1-18-6-2-3-9(18)7-14-11-5-4-10-12(17-11)13(19)16-8-15-10;3-2(4,5)1(6)7/h4-5,8-9H,2-3,6-7H2,1H3,(H,14,17)(H,15,16,19);(H,6,7)/t9-;/m0./s1. The molecule has 2 aromatic heterocycles. The van der Waals surface area contributed by atoms with Crippen LogP contribution >= 0.6 is 0 Å². The Morgan fingerprint density at radius 1 is 1.46 bits per heavy atom. The molecule has 0 spiro atoms. The molecule has 8 nitrogen and oxygen atoms in total. The van der Waals surface area contributed by atoms with E-state index in [1.54, 1.807) is 0 Å². The summed E-state index contributed by atoms with van der Waals surface area (Å²) in [5.41, 5.74) is 0.797. The van der Waals surface area contributed by atoms with Crippen LogP contribution in [0.3, 0.4) is 0 Å². The monoisotopic (exact) mass is 373 g/mol. The number of hydrogen-bond acceptors (Lipinski definition) is 6. The lowest BCUT2D eigenvalue weighted by Gasteiger charge is -2.19. The molecule has 0 amide bonds. The van der Waals surface area contributed by atoms with Gasteiger partial charge in [0, 0.05) is 12.6 Å². The van der Waals surface area contributed by atoms with Gasteiger partial charge in [0.05, 0.1) is 11.8 Å². The Bertz CT molecular complexity index is 824. The van der Waals surface area contributed by atoms with E-state index in [2.05, 4.69) is 32.2 Å². The van der Waals surface area contributed by atoms with Gasteiger partial charge in [-0.1, -0.05) is 0 Å². The van der Waals surface area contributed by atoms with Gasteiger partial charge in [0.15, 0.2) is 5.52 Å². The summed E-state index contributed by atoms with van der Waals surface area (Å²) < 4.78 is 31.7. The third-order valence-corrected chi connectivity index (χ3v) is 3.92. The lowest BCUT2D eigenvalue weighted by Crippen LogP contribution is -2.31. The van der Waals surface area contributed by atoms with Gasteiger partial charge in [0.2, 0.25) is 0 Å².